The lowest BCUT2D eigenvalue weighted by Crippen LogP contribution is -2.08. The Bertz CT molecular complexity index is 709. The predicted octanol–water partition coefficient (Wildman–Crippen LogP) is 1.49. The first-order valence-electron chi connectivity index (χ1n) is 5.04. The summed E-state index contributed by atoms with van der Waals surface area (Å²) in [5, 5.41) is 12.0. The number of rotatable bonds is 4. The van der Waals surface area contributed by atoms with Gasteiger partial charge in [0.05, 0.1) is 17.5 Å². The second kappa shape index (κ2) is 4.81. The lowest BCUT2D eigenvalue weighted by atomic mass is 10.2. The van der Waals surface area contributed by atoms with Gasteiger partial charge in [-0.3, -0.25) is 0 Å². The van der Waals surface area contributed by atoms with Crippen LogP contribution in [0.1, 0.15) is 15.9 Å². The number of hydrogen-bond donors (Lipinski definition) is 1. The predicted molar refractivity (Wildman–Crippen MR) is 60.8 cm³/mol. The lowest BCUT2D eigenvalue weighted by molar-refractivity contribution is 0.0696. The normalized spacial score (nSPS) is 11.4. The van der Waals surface area contributed by atoms with Crippen LogP contribution in [-0.2, 0) is 15.6 Å². The highest BCUT2D eigenvalue weighted by atomic mass is 32.2. The van der Waals surface area contributed by atoms with Crippen LogP contribution < -0.4 is 0 Å². The molecule has 6 nitrogen and oxygen atoms in total. The maximum atomic E-state index is 13.7. The molecule has 0 aliphatic heterocycles. The van der Waals surface area contributed by atoms with E-state index in [-0.39, 0.29) is 11.1 Å². The Morgan fingerprint density at radius 1 is 1.42 bits per heavy atom. The molecule has 100 valence electrons. The van der Waals surface area contributed by atoms with Gasteiger partial charge in [-0.1, -0.05) is 5.16 Å². The second-order valence-electron chi connectivity index (χ2n) is 3.74. The van der Waals surface area contributed by atoms with Crippen LogP contribution in [0.4, 0.5) is 4.39 Å². The van der Waals surface area contributed by atoms with Crippen LogP contribution in [0.5, 0.6) is 0 Å². The van der Waals surface area contributed by atoms with E-state index in [2.05, 4.69) is 9.68 Å². The van der Waals surface area contributed by atoms with Gasteiger partial charge in [0, 0.05) is 5.56 Å². The Balaban J connectivity index is 2.38. The fourth-order valence-corrected chi connectivity index (χ4v) is 2.85. The van der Waals surface area contributed by atoms with Gasteiger partial charge in [-0.15, -0.1) is 0 Å². The highest BCUT2D eigenvalue weighted by Crippen LogP contribution is 2.20. The average Bonchev–Trinajstić information content (AvgIpc) is 2.80. The molecule has 1 heterocycles. The van der Waals surface area contributed by atoms with Gasteiger partial charge in [-0.2, -0.15) is 0 Å². The van der Waals surface area contributed by atoms with E-state index in [1.165, 1.54) is 6.20 Å². The summed E-state index contributed by atoms with van der Waals surface area (Å²) in [4.78, 5) is 10.1. The zero-order chi connectivity index (χ0) is 14.0. The van der Waals surface area contributed by atoms with Gasteiger partial charge in [0.1, 0.15) is 17.0 Å². The number of halogens is 1. The van der Waals surface area contributed by atoms with E-state index in [4.69, 9.17) is 5.11 Å². The Kier molecular flexibility index (Phi) is 3.34. The minimum Gasteiger partial charge on any atom is -0.478 e. The van der Waals surface area contributed by atoms with Crippen molar-refractivity contribution in [3.8, 4) is 0 Å². The van der Waals surface area contributed by atoms with Gasteiger partial charge in [-0.05, 0) is 18.2 Å². The molecule has 0 spiro atoms. The van der Waals surface area contributed by atoms with Crippen LogP contribution >= 0.6 is 0 Å². The second-order valence-corrected chi connectivity index (χ2v) is 5.70. The summed E-state index contributed by atoms with van der Waals surface area (Å²) in [6.07, 6.45) is 2.35. The standard InChI is InChI=1S/C11H8FNO5S/c12-9-3-8(11(14)15)1-2-10(9)19(16,17)6-7-4-13-18-5-7/h1-5H,6H2,(H,14,15). The molecule has 0 radical (unpaired) electrons. The minimum absolute atomic E-state index is 0.279. The van der Waals surface area contributed by atoms with Crippen molar-refractivity contribution in [3.63, 3.8) is 0 Å². The molecule has 0 atom stereocenters. The molecule has 0 unspecified atom stereocenters. The molecular weight excluding hydrogens is 277 g/mol. The zero-order valence-electron chi connectivity index (χ0n) is 9.41. The molecule has 0 saturated heterocycles. The van der Waals surface area contributed by atoms with Crippen molar-refractivity contribution in [2.45, 2.75) is 10.6 Å². The van der Waals surface area contributed by atoms with Crippen molar-refractivity contribution in [1.29, 1.82) is 0 Å². The third-order valence-corrected chi connectivity index (χ3v) is 4.07. The Morgan fingerprint density at radius 2 is 2.16 bits per heavy atom. The van der Waals surface area contributed by atoms with E-state index in [0.29, 0.717) is 6.07 Å². The van der Waals surface area contributed by atoms with Crippen LogP contribution in [-0.4, -0.2) is 24.7 Å². The van der Waals surface area contributed by atoms with E-state index in [9.17, 15) is 17.6 Å². The number of aromatic nitrogens is 1. The summed E-state index contributed by atoms with van der Waals surface area (Å²) < 4.78 is 42.0. The van der Waals surface area contributed by atoms with E-state index >= 15 is 0 Å². The summed E-state index contributed by atoms with van der Waals surface area (Å²) in [6, 6.07) is 2.64. The van der Waals surface area contributed by atoms with Crippen LogP contribution in [0.2, 0.25) is 0 Å². The molecule has 0 aliphatic carbocycles. The van der Waals surface area contributed by atoms with Gasteiger partial charge < -0.3 is 9.63 Å². The molecular formula is C11H8FNO5S. The topological polar surface area (TPSA) is 97.5 Å². The lowest BCUT2D eigenvalue weighted by Gasteiger charge is -2.05. The van der Waals surface area contributed by atoms with Crippen molar-refractivity contribution in [3.05, 3.63) is 47.6 Å². The fourth-order valence-electron chi connectivity index (χ4n) is 1.48. The van der Waals surface area contributed by atoms with Crippen molar-refractivity contribution < 1.29 is 27.2 Å². The largest absolute Gasteiger partial charge is 0.478 e. The molecule has 2 rings (SSSR count). The number of sulfone groups is 1. The molecule has 1 aromatic heterocycles. The molecule has 19 heavy (non-hydrogen) atoms. The summed E-state index contributed by atoms with van der Waals surface area (Å²) in [5.41, 5.74) is -0.0388. The van der Waals surface area contributed by atoms with Crippen LogP contribution in [0.15, 0.2) is 40.1 Å². The fraction of sp³-hybridized carbons (Fsp3) is 0.0909. The number of hydrogen-bond acceptors (Lipinski definition) is 5. The van der Waals surface area contributed by atoms with Gasteiger partial charge in [0.15, 0.2) is 9.84 Å². The number of carboxylic acids is 1. The first-order valence-corrected chi connectivity index (χ1v) is 6.69. The smallest absolute Gasteiger partial charge is 0.335 e. The van der Waals surface area contributed by atoms with Crippen molar-refractivity contribution in [2.75, 3.05) is 0 Å². The summed E-state index contributed by atoms with van der Waals surface area (Å²) >= 11 is 0. The van der Waals surface area contributed by atoms with Crippen molar-refractivity contribution >= 4 is 15.8 Å². The third kappa shape index (κ3) is 2.79. The molecule has 0 bridgehead atoms. The summed E-state index contributed by atoms with van der Waals surface area (Å²) in [5.74, 6) is -2.90. The molecule has 0 saturated carbocycles. The van der Waals surface area contributed by atoms with E-state index in [1.807, 2.05) is 0 Å². The average molecular weight is 285 g/mol. The third-order valence-electron chi connectivity index (χ3n) is 2.35. The summed E-state index contributed by atoms with van der Waals surface area (Å²) in [6.45, 7) is 0. The maximum absolute atomic E-state index is 13.7. The van der Waals surface area contributed by atoms with Crippen LogP contribution in [0.3, 0.4) is 0 Å². The Hall–Kier alpha value is -2.22. The van der Waals surface area contributed by atoms with E-state index < -0.39 is 32.3 Å². The number of aromatic carboxylic acids is 1. The molecule has 0 amide bonds. The van der Waals surface area contributed by atoms with Gasteiger partial charge in [-0.25, -0.2) is 17.6 Å². The zero-order valence-corrected chi connectivity index (χ0v) is 10.2. The molecule has 0 aliphatic rings. The van der Waals surface area contributed by atoms with Crippen molar-refractivity contribution in [2.24, 2.45) is 0 Å². The highest BCUT2D eigenvalue weighted by Gasteiger charge is 2.21. The molecule has 1 aromatic carbocycles. The number of benzene rings is 1. The molecule has 0 fully saturated rings. The van der Waals surface area contributed by atoms with Crippen LogP contribution in [0, 0.1) is 5.82 Å². The SMILES string of the molecule is O=C(O)c1ccc(S(=O)(=O)Cc2cnoc2)c(F)c1. The van der Waals surface area contributed by atoms with Crippen LogP contribution in [0.25, 0.3) is 0 Å². The summed E-state index contributed by atoms with van der Waals surface area (Å²) in [7, 11) is -3.92. The quantitative estimate of drug-likeness (QED) is 0.913. The molecule has 1 N–H and O–H groups in total. The monoisotopic (exact) mass is 285 g/mol. The highest BCUT2D eigenvalue weighted by molar-refractivity contribution is 7.90. The minimum atomic E-state index is -3.92. The maximum Gasteiger partial charge on any atom is 0.335 e. The number of nitrogens with zero attached hydrogens (tertiary/aromatic N) is 1. The molecule has 8 heteroatoms. The molecule has 2 aromatic rings. The first-order chi connectivity index (χ1) is 8.90. The van der Waals surface area contributed by atoms with Gasteiger partial charge in [0.25, 0.3) is 0 Å². The van der Waals surface area contributed by atoms with Crippen molar-refractivity contribution in [1.82, 2.24) is 5.16 Å². The van der Waals surface area contributed by atoms with E-state index in [0.717, 1.165) is 18.4 Å². The van der Waals surface area contributed by atoms with Gasteiger partial charge >= 0.3 is 5.97 Å². The number of carboxylic acid groups (broad SMARTS) is 1. The van der Waals surface area contributed by atoms with Gasteiger partial charge in [0.2, 0.25) is 0 Å². The first kappa shape index (κ1) is 13.2. The van der Waals surface area contributed by atoms with E-state index in [1.54, 1.807) is 0 Å². The Morgan fingerprint density at radius 3 is 2.68 bits per heavy atom. The number of carbonyl (C=O) groups is 1. The Labute approximate surface area is 107 Å².